The smallest absolute Gasteiger partial charge is 0.307 e. The number of hydrogen-bond acceptors (Lipinski definition) is 4. The van der Waals surface area contributed by atoms with Crippen LogP contribution in [0.1, 0.15) is 25.3 Å². The van der Waals surface area contributed by atoms with E-state index in [1.165, 1.54) is 11.8 Å². The fourth-order valence-electron chi connectivity index (χ4n) is 3.45. The van der Waals surface area contributed by atoms with Gasteiger partial charge in [-0.2, -0.15) is 0 Å². The molecule has 3 N–H and O–H groups in total. The Bertz CT molecular complexity index is 1040. The van der Waals surface area contributed by atoms with Gasteiger partial charge in [0, 0.05) is 21.3 Å². The first-order valence-electron chi connectivity index (χ1n) is 10.3. The average Bonchev–Trinajstić information content (AvgIpc) is 2.77. The summed E-state index contributed by atoms with van der Waals surface area (Å²) in [5.41, 5.74) is 2.20. The third-order valence-electron chi connectivity index (χ3n) is 5.35. The summed E-state index contributed by atoms with van der Waals surface area (Å²) >= 11 is 7.41. The average molecular weight is 473 g/mol. The Morgan fingerprint density at radius 1 is 1.03 bits per heavy atom. The summed E-state index contributed by atoms with van der Waals surface area (Å²) in [5, 5.41) is 15.3. The lowest BCUT2D eigenvalue weighted by molar-refractivity contribution is -0.146. The first-order chi connectivity index (χ1) is 15.2. The molecule has 32 heavy (non-hydrogen) atoms. The topological polar surface area (TPSA) is 95.5 Å². The zero-order valence-electron chi connectivity index (χ0n) is 17.8. The van der Waals surface area contributed by atoms with Crippen molar-refractivity contribution in [1.82, 2.24) is 0 Å². The number of nitrogens with one attached hydrogen (secondary N) is 2. The minimum atomic E-state index is -0.957. The zero-order valence-corrected chi connectivity index (χ0v) is 19.4. The predicted molar refractivity (Wildman–Crippen MR) is 128 cm³/mol. The number of carbonyl (C=O) groups excluding carboxylic acids is 2. The third-order valence-corrected chi connectivity index (χ3v) is 6.69. The van der Waals surface area contributed by atoms with E-state index in [0.717, 1.165) is 10.5 Å². The number of carboxylic acid groups (broad SMARTS) is 1. The lowest BCUT2D eigenvalue weighted by atomic mass is 9.82. The molecule has 0 saturated heterocycles. The van der Waals surface area contributed by atoms with Gasteiger partial charge < -0.3 is 15.7 Å². The monoisotopic (exact) mass is 472 g/mol. The van der Waals surface area contributed by atoms with Crippen molar-refractivity contribution < 1.29 is 19.5 Å². The molecule has 0 aromatic heterocycles. The van der Waals surface area contributed by atoms with Crippen LogP contribution in [-0.4, -0.2) is 28.1 Å². The second-order valence-electron chi connectivity index (χ2n) is 7.72. The van der Waals surface area contributed by atoms with Crippen LogP contribution in [0, 0.1) is 18.8 Å². The summed E-state index contributed by atoms with van der Waals surface area (Å²) in [6.07, 6.45) is 4.42. The molecule has 0 bridgehead atoms. The summed E-state index contributed by atoms with van der Waals surface area (Å²) in [7, 11) is 0. The number of aryl methyl sites for hydroxylation is 1. The van der Waals surface area contributed by atoms with Gasteiger partial charge in [-0.15, -0.1) is 11.8 Å². The maximum absolute atomic E-state index is 12.6. The van der Waals surface area contributed by atoms with E-state index in [1.807, 2.05) is 38.1 Å². The number of benzene rings is 2. The van der Waals surface area contributed by atoms with E-state index in [9.17, 15) is 19.5 Å². The van der Waals surface area contributed by atoms with E-state index in [4.69, 9.17) is 11.6 Å². The van der Waals surface area contributed by atoms with E-state index in [0.29, 0.717) is 29.2 Å². The Kier molecular flexibility index (Phi) is 7.99. The van der Waals surface area contributed by atoms with Gasteiger partial charge in [-0.05, 0) is 68.7 Å². The van der Waals surface area contributed by atoms with Crippen LogP contribution in [-0.2, 0) is 14.4 Å². The molecule has 3 atom stereocenters. The highest BCUT2D eigenvalue weighted by Crippen LogP contribution is 2.29. The second-order valence-corrected chi connectivity index (χ2v) is 9.57. The van der Waals surface area contributed by atoms with Gasteiger partial charge >= 0.3 is 5.97 Å². The molecular formula is C24H25ClN2O4S. The van der Waals surface area contributed by atoms with Crippen molar-refractivity contribution in [2.75, 3.05) is 10.6 Å². The minimum Gasteiger partial charge on any atom is -0.481 e. The van der Waals surface area contributed by atoms with Gasteiger partial charge in [-0.1, -0.05) is 29.8 Å². The van der Waals surface area contributed by atoms with Gasteiger partial charge in [-0.25, -0.2) is 0 Å². The van der Waals surface area contributed by atoms with Gasteiger partial charge in [0.25, 0.3) is 0 Å². The summed E-state index contributed by atoms with van der Waals surface area (Å²) in [4.78, 5) is 37.4. The molecule has 8 heteroatoms. The maximum Gasteiger partial charge on any atom is 0.307 e. The Morgan fingerprint density at radius 2 is 1.69 bits per heavy atom. The van der Waals surface area contributed by atoms with Gasteiger partial charge in [0.2, 0.25) is 11.8 Å². The van der Waals surface area contributed by atoms with Crippen molar-refractivity contribution >= 4 is 52.5 Å². The molecule has 168 valence electrons. The molecular weight excluding hydrogens is 448 g/mol. The van der Waals surface area contributed by atoms with Crippen LogP contribution >= 0.6 is 23.4 Å². The third kappa shape index (κ3) is 6.14. The maximum atomic E-state index is 12.6. The molecule has 2 aromatic rings. The molecule has 0 fully saturated rings. The SMILES string of the molecule is Cc1ccc(Cl)cc1NC(=O)[C@@H](C)Sc1ccc(NC(=O)[C@@H]2CC=CC[C@@H]2C(=O)O)cc1. The lowest BCUT2D eigenvalue weighted by Gasteiger charge is -2.24. The van der Waals surface area contributed by atoms with Gasteiger partial charge in [0.05, 0.1) is 17.1 Å². The van der Waals surface area contributed by atoms with Crippen molar-refractivity contribution in [2.24, 2.45) is 11.8 Å². The molecule has 0 unspecified atom stereocenters. The van der Waals surface area contributed by atoms with Crippen LogP contribution in [0.3, 0.4) is 0 Å². The minimum absolute atomic E-state index is 0.136. The predicted octanol–water partition coefficient (Wildman–Crippen LogP) is 5.37. The number of carboxylic acids is 1. The zero-order chi connectivity index (χ0) is 23.3. The summed E-state index contributed by atoms with van der Waals surface area (Å²) in [6, 6.07) is 12.5. The second kappa shape index (κ2) is 10.7. The van der Waals surface area contributed by atoms with Crippen molar-refractivity contribution in [3.8, 4) is 0 Å². The van der Waals surface area contributed by atoms with E-state index in [-0.39, 0.29) is 17.1 Å². The summed E-state index contributed by atoms with van der Waals surface area (Å²) in [6.45, 7) is 3.72. The molecule has 1 aliphatic rings. The van der Waals surface area contributed by atoms with E-state index in [1.54, 1.807) is 30.3 Å². The van der Waals surface area contributed by atoms with Crippen LogP contribution in [0.2, 0.25) is 5.02 Å². The van der Waals surface area contributed by atoms with Gasteiger partial charge in [0.15, 0.2) is 0 Å². The number of thioether (sulfide) groups is 1. The Balaban J connectivity index is 1.57. The molecule has 3 rings (SSSR count). The highest BCUT2D eigenvalue weighted by molar-refractivity contribution is 8.00. The highest BCUT2D eigenvalue weighted by Gasteiger charge is 2.33. The van der Waals surface area contributed by atoms with Crippen LogP contribution in [0.4, 0.5) is 11.4 Å². The van der Waals surface area contributed by atoms with E-state index >= 15 is 0 Å². The summed E-state index contributed by atoms with van der Waals surface area (Å²) in [5.74, 6) is -2.70. The Labute approximate surface area is 196 Å². The standard InChI is InChI=1S/C24H25ClN2O4S/c1-14-7-8-16(25)13-21(14)27-22(28)15(2)32-18-11-9-17(10-12-18)26-23(29)19-5-3-4-6-20(19)24(30)31/h3-4,7-13,15,19-20H,5-6H2,1-2H3,(H,26,29)(H,27,28)(H,30,31)/t15-,19-,20+/m1/s1. The molecule has 0 spiro atoms. The first-order valence-corrected chi connectivity index (χ1v) is 11.5. The highest BCUT2D eigenvalue weighted by atomic mass is 35.5. The van der Waals surface area contributed by atoms with Crippen molar-refractivity contribution in [3.63, 3.8) is 0 Å². The van der Waals surface area contributed by atoms with Crippen LogP contribution in [0.25, 0.3) is 0 Å². The molecule has 6 nitrogen and oxygen atoms in total. The van der Waals surface area contributed by atoms with E-state index in [2.05, 4.69) is 10.6 Å². The number of aliphatic carboxylic acids is 1. The van der Waals surface area contributed by atoms with Crippen LogP contribution in [0.5, 0.6) is 0 Å². The molecule has 0 saturated carbocycles. The Hall–Kier alpha value is -2.77. The number of anilines is 2. The van der Waals surface area contributed by atoms with Gasteiger partial charge in [-0.3, -0.25) is 14.4 Å². The van der Waals surface area contributed by atoms with Crippen LogP contribution < -0.4 is 10.6 Å². The number of amides is 2. The fourth-order valence-corrected chi connectivity index (χ4v) is 4.49. The van der Waals surface area contributed by atoms with Gasteiger partial charge in [0.1, 0.15) is 0 Å². The van der Waals surface area contributed by atoms with Crippen molar-refractivity contribution in [1.29, 1.82) is 0 Å². The van der Waals surface area contributed by atoms with E-state index < -0.39 is 17.8 Å². The number of rotatable bonds is 7. The van der Waals surface area contributed by atoms with Crippen molar-refractivity contribution in [3.05, 3.63) is 65.2 Å². The number of hydrogen-bond donors (Lipinski definition) is 3. The molecule has 0 aliphatic heterocycles. The lowest BCUT2D eigenvalue weighted by Crippen LogP contribution is -2.34. The molecule has 2 aromatic carbocycles. The van der Waals surface area contributed by atoms with Crippen molar-refractivity contribution in [2.45, 2.75) is 36.8 Å². The molecule has 0 radical (unpaired) electrons. The molecule has 0 heterocycles. The number of carbonyl (C=O) groups is 3. The normalized spacial score (nSPS) is 18.6. The Morgan fingerprint density at radius 3 is 2.34 bits per heavy atom. The molecule has 2 amide bonds. The van der Waals surface area contributed by atoms with Crippen LogP contribution in [0.15, 0.2) is 59.5 Å². The quantitative estimate of drug-likeness (QED) is 0.371. The molecule has 1 aliphatic carbocycles. The fraction of sp³-hybridized carbons (Fsp3) is 0.292. The summed E-state index contributed by atoms with van der Waals surface area (Å²) < 4.78 is 0. The number of halogens is 1. The first kappa shape index (κ1) is 23.9. The number of allylic oxidation sites excluding steroid dienone is 2. The largest absolute Gasteiger partial charge is 0.481 e.